The van der Waals surface area contributed by atoms with Gasteiger partial charge in [-0.3, -0.25) is 14.9 Å². The van der Waals surface area contributed by atoms with Crippen molar-refractivity contribution in [2.75, 3.05) is 17.3 Å². The first-order chi connectivity index (χ1) is 9.60. The minimum Gasteiger partial charge on any atom is -0.325 e. The zero-order valence-corrected chi connectivity index (χ0v) is 13.5. The van der Waals surface area contributed by atoms with Crippen LogP contribution in [-0.4, -0.2) is 37.3 Å². The lowest BCUT2D eigenvalue weighted by molar-refractivity contribution is -0.385. The molecule has 0 saturated heterocycles. The van der Waals surface area contributed by atoms with E-state index in [1.807, 2.05) is 0 Å². The van der Waals surface area contributed by atoms with Gasteiger partial charge in [-0.15, -0.1) is 0 Å². The van der Waals surface area contributed by atoms with Gasteiger partial charge in [-0.1, -0.05) is 0 Å². The highest BCUT2D eigenvalue weighted by molar-refractivity contribution is 9.10. The Bertz CT molecular complexity index is 662. The molecule has 0 aliphatic carbocycles. The van der Waals surface area contributed by atoms with E-state index in [0.717, 1.165) is 6.26 Å². The largest absolute Gasteiger partial charge is 0.325 e. The Balaban J connectivity index is 2.70. The summed E-state index contributed by atoms with van der Waals surface area (Å²) in [6.45, 7) is 0. The van der Waals surface area contributed by atoms with Crippen LogP contribution in [0.25, 0.3) is 0 Å². The second-order valence-corrected chi connectivity index (χ2v) is 7.55. The fourth-order valence-corrected chi connectivity index (χ4v) is 2.65. The van der Waals surface area contributed by atoms with Crippen LogP contribution in [0.1, 0.15) is 6.42 Å². The lowest BCUT2D eigenvalue weighted by Crippen LogP contribution is -2.37. The Hall–Kier alpha value is -1.52. The van der Waals surface area contributed by atoms with Crippen LogP contribution in [0.2, 0.25) is 0 Å². The van der Waals surface area contributed by atoms with Crippen LogP contribution in [0.5, 0.6) is 0 Å². The third-order valence-electron chi connectivity index (χ3n) is 2.55. The summed E-state index contributed by atoms with van der Waals surface area (Å²) in [5.41, 5.74) is 5.79. The number of rotatable bonds is 6. The van der Waals surface area contributed by atoms with Crippen LogP contribution in [0.3, 0.4) is 0 Å². The van der Waals surface area contributed by atoms with E-state index in [1.165, 1.54) is 18.2 Å². The monoisotopic (exact) mass is 379 g/mol. The zero-order chi connectivity index (χ0) is 16.2. The maximum Gasteiger partial charge on any atom is 0.283 e. The van der Waals surface area contributed by atoms with Crippen molar-refractivity contribution in [3.05, 3.63) is 32.8 Å². The van der Waals surface area contributed by atoms with Gasteiger partial charge in [-0.05, 0) is 34.5 Å². The molecule has 3 N–H and O–H groups in total. The second-order valence-electron chi connectivity index (χ2n) is 4.44. The first kappa shape index (κ1) is 17.5. The molecular weight excluding hydrogens is 366 g/mol. The molecule has 1 amide bonds. The Morgan fingerprint density at radius 2 is 2.14 bits per heavy atom. The van der Waals surface area contributed by atoms with Crippen LogP contribution in [0, 0.1) is 10.1 Å². The molecule has 0 aliphatic heterocycles. The average molecular weight is 380 g/mol. The summed E-state index contributed by atoms with van der Waals surface area (Å²) < 4.78 is 22.2. The van der Waals surface area contributed by atoms with Crippen LogP contribution < -0.4 is 11.1 Å². The molecule has 0 fully saturated rings. The summed E-state index contributed by atoms with van der Waals surface area (Å²) in [5.74, 6) is -0.745. The van der Waals surface area contributed by atoms with Crippen molar-refractivity contribution in [3.63, 3.8) is 0 Å². The molecule has 0 aliphatic rings. The van der Waals surface area contributed by atoms with E-state index in [0.29, 0.717) is 5.69 Å². The molecule has 10 heteroatoms. The molecule has 0 saturated carbocycles. The number of carbonyl (C=O) groups excluding carboxylic acids is 1. The number of sulfone groups is 1. The topological polar surface area (TPSA) is 132 Å². The van der Waals surface area contributed by atoms with Crippen molar-refractivity contribution in [1.29, 1.82) is 0 Å². The normalized spacial score (nSPS) is 12.7. The Morgan fingerprint density at radius 1 is 1.52 bits per heavy atom. The number of carbonyl (C=O) groups is 1. The molecule has 0 bridgehead atoms. The minimum atomic E-state index is -3.19. The molecule has 0 radical (unpaired) electrons. The number of nitro groups is 1. The van der Waals surface area contributed by atoms with Crippen molar-refractivity contribution in [1.82, 2.24) is 0 Å². The number of nitro benzene ring substituents is 1. The summed E-state index contributed by atoms with van der Waals surface area (Å²) in [7, 11) is -3.19. The van der Waals surface area contributed by atoms with Gasteiger partial charge in [0.2, 0.25) is 5.91 Å². The summed E-state index contributed by atoms with van der Waals surface area (Å²) in [4.78, 5) is 21.9. The number of amides is 1. The van der Waals surface area contributed by atoms with Gasteiger partial charge in [0.15, 0.2) is 0 Å². The SMILES string of the molecule is CS(=O)(=O)CCC(N)C(=O)Nc1ccc([N+](=O)[O-])c(Br)c1. The van der Waals surface area contributed by atoms with E-state index >= 15 is 0 Å². The molecule has 0 heterocycles. The first-order valence-corrected chi connectivity index (χ1v) is 8.63. The van der Waals surface area contributed by atoms with Crippen LogP contribution in [0.4, 0.5) is 11.4 Å². The smallest absolute Gasteiger partial charge is 0.283 e. The van der Waals surface area contributed by atoms with Crippen molar-refractivity contribution >= 4 is 43.0 Å². The van der Waals surface area contributed by atoms with E-state index in [2.05, 4.69) is 21.2 Å². The van der Waals surface area contributed by atoms with Crippen LogP contribution in [0.15, 0.2) is 22.7 Å². The third kappa shape index (κ3) is 5.78. The van der Waals surface area contributed by atoms with Gasteiger partial charge in [0, 0.05) is 18.0 Å². The van der Waals surface area contributed by atoms with E-state index in [-0.39, 0.29) is 22.3 Å². The van der Waals surface area contributed by atoms with Gasteiger partial charge in [0.25, 0.3) is 5.69 Å². The number of nitrogens with two attached hydrogens (primary N) is 1. The minimum absolute atomic E-state index is 0.00117. The highest BCUT2D eigenvalue weighted by Gasteiger charge is 2.17. The molecule has 116 valence electrons. The molecule has 1 aromatic rings. The van der Waals surface area contributed by atoms with Crippen molar-refractivity contribution in [3.8, 4) is 0 Å². The Kier molecular flexibility index (Phi) is 5.81. The summed E-state index contributed by atoms with van der Waals surface area (Å²) in [5, 5.41) is 13.1. The van der Waals surface area contributed by atoms with Crippen molar-refractivity contribution in [2.24, 2.45) is 5.73 Å². The lowest BCUT2D eigenvalue weighted by Gasteiger charge is -2.12. The molecule has 0 spiro atoms. The number of nitrogens with zero attached hydrogens (tertiary/aromatic N) is 1. The number of anilines is 1. The van der Waals surface area contributed by atoms with E-state index in [9.17, 15) is 23.3 Å². The molecule has 1 aromatic carbocycles. The molecule has 8 nitrogen and oxygen atoms in total. The Morgan fingerprint density at radius 3 is 2.62 bits per heavy atom. The second kappa shape index (κ2) is 6.96. The molecule has 0 aromatic heterocycles. The molecule has 21 heavy (non-hydrogen) atoms. The highest BCUT2D eigenvalue weighted by atomic mass is 79.9. The number of halogens is 1. The molecule has 1 rings (SSSR count). The molecular formula is C11H14BrN3O5S. The summed E-state index contributed by atoms with van der Waals surface area (Å²) in [6, 6.07) is 3.00. The standard InChI is InChI=1S/C11H14BrN3O5S/c1-21(19,20)5-4-9(13)11(16)14-7-2-3-10(15(17)18)8(12)6-7/h2-3,6,9H,4-5,13H2,1H3,(H,14,16). The fraction of sp³-hybridized carbons (Fsp3) is 0.364. The van der Waals surface area contributed by atoms with E-state index in [1.54, 1.807) is 0 Å². The maximum absolute atomic E-state index is 11.8. The van der Waals surface area contributed by atoms with Gasteiger partial charge < -0.3 is 11.1 Å². The zero-order valence-electron chi connectivity index (χ0n) is 11.1. The molecule has 1 atom stereocenters. The van der Waals surface area contributed by atoms with Gasteiger partial charge in [-0.25, -0.2) is 8.42 Å². The summed E-state index contributed by atoms with van der Waals surface area (Å²) in [6.07, 6.45) is 1.06. The number of benzene rings is 1. The van der Waals surface area contributed by atoms with Gasteiger partial charge in [0.1, 0.15) is 9.84 Å². The van der Waals surface area contributed by atoms with Crippen molar-refractivity contribution in [2.45, 2.75) is 12.5 Å². The lowest BCUT2D eigenvalue weighted by atomic mass is 10.2. The van der Waals surface area contributed by atoms with Gasteiger partial charge >= 0.3 is 0 Å². The Labute approximate surface area is 129 Å². The van der Waals surface area contributed by atoms with Gasteiger partial charge in [-0.2, -0.15) is 0 Å². The van der Waals surface area contributed by atoms with Crippen molar-refractivity contribution < 1.29 is 18.1 Å². The molecule has 1 unspecified atom stereocenters. The first-order valence-electron chi connectivity index (χ1n) is 5.78. The van der Waals surface area contributed by atoms with E-state index < -0.39 is 26.7 Å². The predicted octanol–water partition coefficient (Wildman–Crippen LogP) is 1.06. The highest BCUT2D eigenvalue weighted by Crippen LogP contribution is 2.27. The van der Waals surface area contributed by atoms with Crippen LogP contribution in [-0.2, 0) is 14.6 Å². The summed E-state index contributed by atoms with van der Waals surface area (Å²) >= 11 is 3.03. The van der Waals surface area contributed by atoms with Crippen LogP contribution >= 0.6 is 15.9 Å². The maximum atomic E-state index is 11.8. The number of hydrogen-bond acceptors (Lipinski definition) is 6. The van der Waals surface area contributed by atoms with E-state index in [4.69, 9.17) is 5.73 Å². The number of nitrogens with one attached hydrogen (secondary N) is 1. The average Bonchev–Trinajstić information content (AvgIpc) is 2.34. The third-order valence-corrected chi connectivity index (χ3v) is 4.16. The number of hydrogen-bond donors (Lipinski definition) is 2. The van der Waals surface area contributed by atoms with Gasteiger partial charge in [0.05, 0.1) is 21.2 Å². The fourth-order valence-electron chi connectivity index (χ4n) is 1.44. The predicted molar refractivity (Wildman–Crippen MR) is 81.7 cm³/mol. The quantitative estimate of drug-likeness (QED) is 0.560.